The third-order valence-electron chi connectivity index (χ3n) is 2.71. The average molecular weight is 270 g/mol. The standard InChI is InChI=1S/C13H22N2O2S/c1-11-6-4-7-13(10-11)12(2)14-8-5-9-15-18(3,16)17/h4,6-7,10,12,14-15H,5,8-9H2,1-3H3. The van der Waals surface area contributed by atoms with Crippen LogP contribution in [0.4, 0.5) is 0 Å². The molecule has 0 aromatic heterocycles. The Kier molecular flexibility index (Phi) is 5.78. The Hall–Kier alpha value is -0.910. The Morgan fingerprint density at radius 1 is 1.28 bits per heavy atom. The molecular weight excluding hydrogens is 248 g/mol. The van der Waals surface area contributed by atoms with E-state index in [9.17, 15) is 8.42 Å². The molecule has 0 heterocycles. The third-order valence-corrected chi connectivity index (χ3v) is 3.44. The van der Waals surface area contributed by atoms with E-state index in [0.717, 1.165) is 13.0 Å². The highest BCUT2D eigenvalue weighted by molar-refractivity contribution is 7.88. The normalized spacial score (nSPS) is 13.5. The molecule has 1 atom stereocenters. The Balaban J connectivity index is 2.27. The first-order valence-corrected chi connectivity index (χ1v) is 8.02. The van der Waals surface area contributed by atoms with E-state index in [1.807, 2.05) is 6.07 Å². The summed E-state index contributed by atoms with van der Waals surface area (Å²) in [5.74, 6) is 0. The number of sulfonamides is 1. The number of benzene rings is 1. The van der Waals surface area contributed by atoms with Crippen molar-refractivity contribution in [3.63, 3.8) is 0 Å². The van der Waals surface area contributed by atoms with Gasteiger partial charge in [0.1, 0.15) is 0 Å². The molecule has 0 aliphatic heterocycles. The van der Waals surface area contributed by atoms with E-state index < -0.39 is 10.0 Å². The fourth-order valence-corrected chi connectivity index (χ4v) is 2.24. The van der Waals surface area contributed by atoms with Crippen LogP contribution in [0.1, 0.15) is 30.5 Å². The van der Waals surface area contributed by atoms with Gasteiger partial charge in [0.25, 0.3) is 0 Å². The van der Waals surface area contributed by atoms with Crippen molar-refractivity contribution in [3.05, 3.63) is 35.4 Å². The third kappa shape index (κ3) is 6.14. The van der Waals surface area contributed by atoms with Crippen molar-refractivity contribution in [1.29, 1.82) is 0 Å². The highest BCUT2D eigenvalue weighted by atomic mass is 32.2. The van der Waals surface area contributed by atoms with Crippen molar-refractivity contribution in [2.45, 2.75) is 26.3 Å². The Morgan fingerprint density at radius 2 is 2.00 bits per heavy atom. The number of nitrogens with one attached hydrogen (secondary N) is 2. The smallest absolute Gasteiger partial charge is 0.208 e. The molecular formula is C13H22N2O2S. The zero-order valence-electron chi connectivity index (χ0n) is 11.2. The summed E-state index contributed by atoms with van der Waals surface area (Å²) in [5, 5.41) is 3.38. The van der Waals surface area contributed by atoms with Crippen LogP contribution in [0.3, 0.4) is 0 Å². The Labute approximate surface area is 110 Å². The molecule has 5 heteroatoms. The molecule has 0 amide bonds. The summed E-state index contributed by atoms with van der Waals surface area (Å²) in [6.45, 7) is 5.45. The van der Waals surface area contributed by atoms with Gasteiger partial charge >= 0.3 is 0 Å². The van der Waals surface area contributed by atoms with Crippen molar-refractivity contribution in [2.75, 3.05) is 19.3 Å². The Morgan fingerprint density at radius 3 is 2.61 bits per heavy atom. The molecule has 1 unspecified atom stereocenters. The van der Waals surface area contributed by atoms with Crippen molar-refractivity contribution in [1.82, 2.24) is 10.0 Å². The second-order valence-electron chi connectivity index (χ2n) is 4.61. The van der Waals surface area contributed by atoms with Crippen molar-refractivity contribution < 1.29 is 8.42 Å². The number of rotatable bonds is 7. The highest BCUT2D eigenvalue weighted by Gasteiger charge is 2.04. The molecule has 102 valence electrons. The summed E-state index contributed by atoms with van der Waals surface area (Å²) in [5.41, 5.74) is 2.51. The maximum Gasteiger partial charge on any atom is 0.208 e. The molecule has 18 heavy (non-hydrogen) atoms. The lowest BCUT2D eigenvalue weighted by molar-refractivity contribution is 0.548. The van der Waals surface area contributed by atoms with Gasteiger partial charge in [-0.25, -0.2) is 13.1 Å². The number of hydrogen-bond donors (Lipinski definition) is 2. The van der Waals surface area contributed by atoms with E-state index in [-0.39, 0.29) is 6.04 Å². The van der Waals surface area contributed by atoms with E-state index >= 15 is 0 Å². The first-order chi connectivity index (χ1) is 8.38. The minimum atomic E-state index is -3.06. The van der Waals surface area contributed by atoms with Crippen LogP contribution in [-0.4, -0.2) is 27.8 Å². The molecule has 1 rings (SSSR count). The van der Waals surface area contributed by atoms with E-state index in [2.05, 4.69) is 42.1 Å². The van der Waals surface area contributed by atoms with Gasteiger partial charge in [-0.3, -0.25) is 0 Å². The molecule has 1 aromatic rings. The molecule has 0 aliphatic carbocycles. The van der Waals surface area contributed by atoms with Crippen LogP contribution in [0.25, 0.3) is 0 Å². The summed E-state index contributed by atoms with van der Waals surface area (Å²) >= 11 is 0. The summed E-state index contributed by atoms with van der Waals surface area (Å²) < 4.78 is 24.2. The lowest BCUT2D eigenvalue weighted by Crippen LogP contribution is -2.27. The van der Waals surface area contributed by atoms with E-state index in [1.54, 1.807) is 0 Å². The van der Waals surface area contributed by atoms with Crippen molar-refractivity contribution in [3.8, 4) is 0 Å². The van der Waals surface area contributed by atoms with Crippen LogP contribution in [0.2, 0.25) is 0 Å². The van der Waals surface area contributed by atoms with Crippen LogP contribution in [0, 0.1) is 6.92 Å². The molecule has 0 radical (unpaired) electrons. The maximum absolute atomic E-state index is 10.9. The molecule has 4 nitrogen and oxygen atoms in total. The maximum atomic E-state index is 10.9. The second kappa shape index (κ2) is 6.87. The van der Waals surface area contributed by atoms with Crippen LogP contribution >= 0.6 is 0 Å². The second-order valence-corrected chi connectivity index (χ2v) is 6.44. The first kappa shape index (κ1) is 15.1. The van der Waals surface area contributed by atoms with Gasteiger partial charge in [-0.2, -0.15) is 0 Å². The van der Waals surface area contributed by atoms with Gasteiger partial charge in [0.2, 0.25) is 10.0 Å². The summed E-state index contributed by atoms with van der Waals surface area (Å²) in [6.07, 6.45) is 1.96. The fraction of sp³-hybridized carbons (Fsp3) is 0.538. The lowest BCUT2D eigenvalue weighted by Gasteiger charge is -2.14. The average Bonchev–Trinajstić information content (AvgIpc) is 2.26. The minimum absolute atomic E-state index is 0.281. The number of aryl methyl sites for hydroxylation is 1. The molecule has 0 aliphatic rings. The number of hydrogen-bond acceptors (Lipinski definition) is 3. The van der Waals surface area contributed by atoms with E-state index in [4.69, 9.17) is 0 Å². The van der Waals surface area contributed by atoms with Crippen LogP contribution in [0.5, 0.6) is 0 Å². The Bertz CT molecular complexity index is 472. The molecule has 0 saturated heterocycles. The molecule has 0 saturated carbocycles. The van der Waals surface area contributed by atoms with Crippen molar-refractivity contribution in [2.24, 2.45) is 0 Å². The van der Waals surface area contributed by atoms with Gasteiger partial charge in [0.05, 0.1) is 6.26 Å². The fourth-order valence-electron chi connectivity index (χ4n) is 1.72. The predicted molar refractivity (Wildman–Crippen MR) is 75.1 cm³/mol. The molecule has 0 spiro atoms. The van der Waals surface area contributed by atoms with Crippen molar-refractivity contribution >= 4 is 10.0 Å². The van der Waals surface area contributed by atoms with Gasteiger partial charge in [0.15, 0.2) is 0 Å². The largest absolute Gasteiger partial charge is 0.310 e. The summed E-state index contributed by atoms with van der Waals surface area (Å²) in [6, 6.07) is 8.66. The molecule has 1 aromatic carbocycles. The predicted octanol–water partition coefficient (Wildman–Crippen LogP) is 1.58. The SMILES string of the molecule is Cc1cccc(C(C)NCCCNS(C)(=O)=O)c1. The van der Waals surface area contributed by atoms with Gasteiger partial charge in [-0.1, -0.05) is 29.8 Å². The van der Waals surface area contributed by atoms with Crippen LogP contribution in [0.15, 0.2) is 24.3 Å². The van der Waals surface area contributed by atoms with Crippen LogP contribution < -0.4 is 10.0 Å². The quantitative estimate of drug-likeness (QED) is 0.740. The zero-order valence-corrected chi connectivity index (χ0v) is 12.0. The lowest BCUT2D eigenvalue weighted by atomic mass is 10.1. The topological polar surface area (TPSA) is 58.2 Å². The summed E-state index contributed by atoms with van der Waals surface area (Å²) in [4.78, 5) is 0. The molecule has 0 bridgehead atoms. The van der Waals surface area contributed by atoms with Crippen LogP contribution in [-0.2, 0) is 10.0 Å². The minimum Gasteiger partial charge on any atom is -0.310 e. The summed E-state index contributed by atoms with van der Waals surface area (Å²) in [7, 11) is -3.06. The molecule has 0 fully saturated rings. The van der Waals surface area contributed by atoms with Gasteiger partial charge in [-0.05, 0) is 32.4 Å². The van der Waals surface area contributed by atoms with E-state index in [1.165, 1.54) is 17.4 Å². The highest BCUT2D eigenvalue weighted by Crippen LogP contribution is 2.13. The first-order valence-electron chi connectivity index (χ1n) is 6.13. The van der Waals surface area contributed by atoms with E-state index in [0.29, 0.717) is 6.54 Å². The van der Waals surface area contributed by atoms with Gasteiger partial charge in [-0.15, -0.1) is 0 Å². The molecule has 2 N–H and O–H groups in total. The zero-order chi connectivity index (χ0) is 13.6. The van der Waals surface area contributed by atoms with Gasteiger partial charge < -0.3 is 5.32 Å². The monoisotopic (exact) mass is 270 g/mol. The van der Waals surface area contributed by atoms with Gasteiger partial charge in [0, 0.05) is 12.6 Å².